The molecule has 1 fully saturated rings. The van der Waals surface area contributed by atoms with Crippen molar-refractivity contribution in [2.45, 2.75) is 58.1 Å². The minimum atomic E-state index is -0.181. The summed E-state index contributed by atoms with van der Waals surface area (Å²) in [6, 6.07) is 0. The molecule has 0 spiro atoms. The summed E-state index contributed by atoms with van der Waals surface area (Å²) >= 11 is 1.73. The SMILES string of the molecule is CC(C)c1nc(C2(C)CCCCO2)sc1CN. The first-order chi connectivity index (χ1) is 8.07. The van der Waals surface area contributed by atoms with Crippen molar-refractivity contribution in [1.82, 2.24) is 4.98 Å². The normalized spacial score (nSPS) is 25.5. The van der Waals surface area contributed by atoms with Gasteiger partial charge in [-0.3, -0.25) is 0 Å². The standard InChI is InChI=1S/C13H22N2OS/c1-9(2)11-10(8-14)17-12(15-11)13(3)6-4-5-7-16-13/h9H,4-8,14H2,1-3H3. The maximum atomic E-state index is 5.95. The second-order valence-corrected chi connectivity index (χ2v) is 6.31. The van der Waals surface area contributed by atoms with Crippen LogP contribution in [0.15, 0.2) is 0 Å². The van der Waals surface area contributed by atoms with Crippen LogP contribution < -0.4 is 5.73 Å². The summed E-state index contributed by atoms with van der Waals surface area (Å²) in [7, 11) is 0. The number of ether oxygens (including phenoxy) is 1. The van der Waals surface area contributed by atoms with E-state index < -0.39 is 0 Å². The second kappa shape index (κ2) is 5.04. The van der Waals surface area contributed by atoms with Crippen molar-refractivity contribution in [2.24, 2.45) is 5.73 Å². The largest absolute Gasteiger partial charge is 0.368 e. The first-order valence-electron chi connectivity index (χ1n) is 6.41. The van der Waals surface area contributed by atoms with E-state index >= 15 is 0 Å². The van der Waals surface area contributed by atoms with E-state index in [0.717, 1.165) is 23.7 Å². The smallest absolute Gasteiger partial charge is 0.125 e. The topological polar surface area (TPSA) is 48.1 Å². The molecule has 1 unspecified atom stereocenters. The summed E-state index contributed by atoms with van der Waals surface area (Å²) in [5.41, 5.74) is 6.78. The second-order valence-electron chi connectivity index (χ2n) is 5.22. The van der Waals surface area contributed by atoms with Gasteiger partial charge < -0.3 is 10.5 Å². The quantitative estimate of drug-likeness (QED) is 0.901. The van der Waals surface area contributed by atoms with Crippen molar-refractivity contribution in [1.29, 1.82) is 0 Å². The molecule has 17 heavy (non-hydrogen) atoms. The number of nitrogens with two attached hydrogens (primary N) is 1. The highest BCUT2D eigenvalue weighted by Gasteiger charge is 2.34. The summed E-state index contributed by atoms with van der Waals surface area (Å²) in [6.07, 6.45) is 3.47. The lowest BCUT2D eigenvalue weighted by molar-refractivity contribution is -0.0702. The third kappa shape index (κ3) is 2.54. The molecule has 0 aromatic carbocycles. The monoisotopic (exact) mass is 254 g/mol. The minimum absolute atomic E-state index is 0.181. The summed E-state index contributed by atoms with van der Waals surface area (Å²) in [4.78, 5) is 6.00. The number of rotatable bonds is 3. The average molecular weight is 254 g/mol. The third-order valence-corrected chi connectivity index (χ3v) is 4.72. The van der Waals surface area contributed by atoms with Crippen LogP contribution in [0.2, 0.25) is 0 Å². The van der Waals surface area contributed by atoms with E-state index in [-0.39, 0.29) is 5.60 Å². The van der Waals surface area contributed by atoms with Gasteiger partial charge in [-0.1, -0.05) is 13.8 Å². The fraction of sp³-hybridized carbons (Fsp3) is 0.769. The van der Waals surface area contributed by atoms with E-state index in [2.05, 4.69) is 20.8 Å². The van der Waals surface area contributed by atoms with Crippen LogP contribution in [0.25, 0.3) is 0 Å². The minimum Gasteiger partial charge on any atom is -0.368 e. The number of hydrogen-bond donors (Lipinski definition) is 1. The Morgan fingerprint density at radius 1 is 1.47 bits per heavy atom. The highest BCUT2D eigenvalue weighted by molar-refractivity contribution is 7.11. The predicted octanol–water partition coefficient (Wildman–Crippen LogP) is 3.14. The predicted molar refractivity (Wildman–Crippen MR) is 71.2 cm³/mol. The molecule has 1 aliphatic rings. The summed E-state index contributed by atoms with van der Waals surface area (Å²) in [5.74, 6) is 0.436. The van der Waals surface area contributed by atoms with Crippen LogP contribution in [0.1, 0.15) is 61.5 Å². The van der Waals surface area contributed by atoms with Gasteiger partial charge in [-0.25, -0.2) is 4.98 Å². The molecule has 3 nitrogen and oxygen atoms in total. The van der Waals surface area contributed by atoms with Gasteiger partial charge in [0.15, 0.2) is 0 Å². The van der Waals surface area contributed by atoms with Gasteiger partial charge in [-0.05, 0) is 32.1 Å². The number of nitrogens with zero attached hydrogens (tertiary/aromatic N) is 1. The Morgan fingerprint density at radius 3 is 2.71 bits per heavy atom. The zero-order chi connectivity index (χ0) is 12.5. The van der Waals surface area contributed by atoms with E-state index in [1.54, 1.807) is 11.3 Å². The van der Waals surface area contributed by atoms with Crippen molar-refractivity contribution >= 4 is 11.3 Å². The van der Waals surface area contributed by atoms with Gasteiger partial charge in [0.1, 0.15) is 10.6 Å². The zero-order valence-corrected chi connectivity index (χ0v) is 11.8. The molecule has 0 bridgehead atoms. The van der Waals surface area contributed by atoms with E-state index in [9.17, 15) is 0 Å². The Balaban J connectivity index is 2.32. The Hall–Kier alpha value is -0.450. The molecule has 1 aliphatic heterocycles. The maximum absolute atomic E-state index is 5.95. The molecule has 2 N–H and O–H groups in total. The van der Waals surface area contributed by atoms with Gasteiger partial charge in [0, 0.05) is 18.0 Å². The molecule has 1 atom stereocenters. The fourth-order valence-corrected chi connectivity index (χ4v) is 3.51. The molecule has 2 heterocycles. The molecular formula is C13H22N2OS. The lowest BCUT2D eigenvalue weighted by Crippen LogP contribution is -2.30. The van der Waals surface area contributed by atoms with E-state index in [4.69, 9.17) is 15.5 Å². The van der Waals surface area contributed by atoms with Gasteiger partial charge >= 0.3 is 0 Å². The van der Waals surface area contributed by atoms with Crippen LogP contribution in [0.4, 0.5) is 0 Å². The van der Waals surface area contributed by atoms with Crippen LogP contribution in [-0.4, -0.2) is 11.6 Å². The molecule has 0 saturated carbocycles. The van der Waals surface area contributed by atoms with E-state index in [1.165, 1.54) is 17.7 Å². The van der Waals surface area contributed by atoms with Crippen LogP contribution >= 0.6 is 11.3 Å². The number of aromatic nitrogens is 1. The van der Waals surface area contributed by atoms with Crippen LogP contribution in [0.5, 0.6) is 0 Å². The van der Waals surface area contributed by atoms with Crippen molar-refractivity contribution in [3.05, 3.63) is 15.6 Å². The lowest BCUT2D eigenvalue weighted by Gasteiger charge is -2.31. The molecule has 2 rings (SSSR count). The van der Waals surface area contributed by atoms with Crippen LogP contribution in [-0.2, 0) is 16.9 Å². The first-order valence-corrected chi connectivity index (χ1v) is 7.22. The van der Waals surface area contributed by atoms with Crippen molar-refractivity contribution in [2.75, 3.05) is 6.61 Å². The van der Waals surface area contributed by atoms with Gasteiger partial charge in [-0.2, -0.15) is 0 Å². The molecule has 1 aromatic rings. The first kappa shape index (κ1) is 13.0. The third-order valence-electron chi connectivity index (χ3n) is 3.38. The lowest BCUT2D eigenvalue weighted by atomic mass is 9.96. The van der Waals surface area contributed by atoms with E-state index in [1.807, 2.05) is 0 Å². The van der Waals surface area contributed by atoms with Crippen molar-refractivity contribution in [3.63, 3.8) is 0 Å². The van der Waals surface area contributed by atoms with E-state index in [0.29, 0.717) is 12.5 Å². The summed E-state index contributed by atoms with van der Waals surface area (Å²) in [6.45, 7) is 7.94. The molecule has 4 heteroatoms. The Kier molecular flexibility index (Phi) is 3.85. The van der Waals surface area contributed by atoms with Crippen LogP contribution in [0, 0.1) is 0 Å². The van der Waals surface area contributed by atoms with Crippen LogP contribution in [0.3, 0.4) is 0 Å². The van der Waals surface area contributed by atoms with Gasteiger partial charge in [0.05, 0.1) is 5.69 Å². The molecule has 0 radical (unpaired) electrons. The summed E-state index contributed by atoms with van der Waals surface area (Å²) in [5, 5.41) is 1.11. The van der Waals surface area contributed by atoms with Crippen molar-refractivity contribution in [3.8, 4) is 0 Å². The Bertz CT molecular complexity index is 381. The molecule has 96 valence electrons. The highest BCUT2D eigenvalue weighted by atomic mass is 32.1. The fourth-order valence-electron chi connectivity index (χ4n) is 2.29. The zero-order valence-electron chi connectivity index (χ0n) is 11.0. The van der Waals surface area contributed by atoms with Gasteiger partial charge in [0.25, 0.3) is 0 Å². The Morgan fingerprint density at radius 2 is 2.24 bits per heavy atom. The molecule has 1 saturated heterocycles. The molecular weight excluding hydrogens is 232 g/mol. The summed E-state index contributed by atoms with van der Waals surface area (Å²) < 4.78 is 5.95. The molecule has 0 aliphatic carbocycles. The number of hydrogen-bond acceptors (Lipinski definition) is 4. The maximum Gasteiger partial charge on any atom is 0.125 e. The molecule has 0 amide bonds. The van der Waals surface area contributed by atoms with Gasteiger partial charge in [-0.15, -0.1) is 11.3 Å². The Labute approximate surface area is 107 Å². The van der Waals surface area contributed by atoms with Gasteiger partial charge in [0.2, 0.25) is 0 Å². The van der Waals surface area contributed by atoms with Crippen molar-refractivity contribution < 1.29 is 4.74 Å². The average Bonchev–Trinajstić information content (AvgIpc) is 2.74. The highest BCUT2D eigenvalue weighted by Crippen LogP contribution is 2.39. The number of thiazole rings is 1. The molecule has 1 aromatic heterocycles.